The monoisotopic (exact) mass is 842 g/mol. The first-order valence-corrected chi connectivity index (χ1v) is 22.3. The number of hydrogen-bond acceptors (Lipinski definition) is 11. The number of esters is 1. The summed E-state index contributed by atoms with van der Waals surface area (Å²) >= 11 is 0. The number of ketones is 1. The molecule has 2 aliphatic carbocycles. The first-order chi connectivity index (χ1) is 27.7. The van der Waals surface area contributed by atoms with Crippen molar-refractivity contribution in [2.75, 3.05) is 31.6 Å². The summed E-state index contributed by atoms with van der Waals surface area (Å²) in [5, 5.41) is 0.807. The zero-order valence-electron chi connectivity index (χ0n) is 34.7. The molecule has 2 saturated carbocycles. The van der Waals surface area contributed by atoms with Gasteiger partial charge in [0.2, 0.25) is 27.7 Å². The molecule has 59 heavy (non-hydrogen) atoms. The maximum Gasteiger partial charge on any atom is 0.307 e. The van der Waals surface area contributed by atoms with Crippen molar-refractivity contribution in [1.82, 2.24) is 14.6 Å². The molecule has 0 unspecified atom stereocenters. The Kier molecular flexibility index (Phi) is 11.5. The lowest BCUT2D eigenvalue weighted by molar-refractivity contribution is -0.197. The highest BCUT2D eigenvalue weighted by Crippen LogP contribution is 2.57. The number of aromatic nitrogens is 1. The third-order valence-corrected chi connectivity index (χ3v) is 15.0. The Balaban J connectivity index is 1.23. The van der Waals surface area contributed by atoms with Gasteiger partial charge in [0.05, 0.1) is 47.8 Å². The predicted octanol–water partition coefficient (Wildman–Crippen LogP) is 5.98. The van der Waals surface area contributed by atoms with E-state index in [-0.39, 0.29) is 43.5 Å². The quantitative estimate of drug-likeness (QED) is 0.234. The summed E-state index contributed by atoms with van der Waals surface area (Å²) in [5.74, 6) is -6.82. The molecule has 3 fully saturated rings. The summed E-state index contributed by atoms with van der Waals surface area (Å²) in [5.41, 5.74) is -2.56. The zero-order chi connectivity index (χ0) is 42.7. The third kappa shape index (κ3) is 8.79. The lowest BCUT2D eigenvalue weighted by Crippen LogP contribution is -2.48. The SMILES string of the molecule is C[C@@H]1CC/C=C\[C@@H]2C[C@@]2(C(=O)NS(=O)(=O)C2CC2)CC(=O)[C@@H]2C[C@@H](Oc3nccc4c5c(ccc34)N(C)CCO5)CN2C(=O)[C@@H](CC(=O)OC(C)(C)C(C)(F)F)[C@H](C)C1. The molecule has 0 spiro atoms. The fourth-order valence-electron chi connectivity index (χ4n) is 8.88. The molecule has 1 aromatic heterocycles. The van der Waals surface area contributed by atoms with Crippen LogP contribution in [0.25, 0.3) is 10.8 Å². The van der Waals surface area contributed by atoms with E-state index in [9.17, 15) is 36.4 Å². The molecule has 0 bridgehead atoms. The van der Waals surface area contributed by atoms with E-state index in [1.165, 1.54) is 4.90 Å². The highest BCUT2D eigenvalue weighted by atomic mass is 32.2. The van der Waals surface area contributed by atoms with Crippen LogP contribution in [0.4, 0.5) is 14.5 Å². The number of likely N-dealkylation sites (N-methyl/N-ethyl adjacent to an activating group) is 1. The number of benzene rings is 1. The van der Waals surface area contributed by atoms with Gasteiger partial charge in [-0.3, -0.25) is 23.9 Å². The number of carbonyl (C=O) groups is 4. The standard InChI is InChI=1S/C43H56F2N4O9S/c1-25-9-7-8-10-27-22-43(27,40(53)47-59(54,55)29-11-12-29)23-35(50)34-20-28(57-38-31-13-14-33-37(30(31)15-16-46-38)56-18-17-48(33)6)24-49(34)39(52)32(26(2)19-25)21-36(51)58-41(3,4)42(5,44)45/h8,10,13-16,25-29,32,34H,7,9,11-12,17-24H2,1-6H3,(H,47,53)/b10-8-/t25-,26-,27-,28-,32+,34+,43-/m1/s1. The summed E-state index contributed by atoms with van der Waals surface area (Å²) < 4.78 is 75.0. The molecule has 5 aliphatic rings. The summed E-state index contributed by atoms with van der Waals surface area (Å²) in [7, 11) is -1.93. The molecule has 2 aromatic rings. The number of allylic oxidation sites excluding steroid dienone is 2. The van der Waals surface area contributed by atoms with E-state index >= 15 is 0 Å². The van der Waals surface area contributed by atoms with Crippen LogP contribution >= 0.6 is 0 Å². The largest absolute Gasteiger partial charge is 0.489 e. The van der Waals surface area contributed by atoms with Gasteiger partial charge in [0.15, 0.2) is 17.1 Å². The van der Waals surface area contributed by atoms with E-state index < -0.39 is 86.2 Å². The normalized spacial score (nSPS) is 29.9. The van der Waals surface area contributed by atoms with Crippen LogP contribution in [0.15, 0.2) is 36.5 Å². The molecule has 2 amide bonds. The van der Waals surface area contributed by atoms with Crippen molar-refractivity contribution in [3.63, 3.8) is 0 Å². The van der Waals surface area contributed by atoms with E-state index in [2.05, 4.69) is 14.6 Å². The zero-order valence-corrected chi connectivity index (χ0v) is 35.5. The molecule has 322 valence electrons. The lowest BCUT2D eigenvalue weighted by atomic mass is 9.82. The second-order valence-electron chi connectivity index (χ2n) is 18.2. The summed E-state index contributed by atoms with van der Waals surface area (Å²) in [6.45, 7) is 7.93. The fraction of sp³-hybridized carbons (Fsp3) is 0.651. The van der Waals surface area contributed by atoms with Crippen LogP contribution in [0.1, 0.15) is 92.4 Å². The average molecular weight is 843 g/mol. The molecular weight excluding hydrogens is 787 g/mol. The number of nitrogens with one attached hydrogen (secondary N) is 1. The number of halogens is 2. The number of pyridine rings is 1. The van der Waals surface area contributed by atoms with Crippen LogP contribution in [0.2, 0.25) is 0 Å². The predicted molar refractivity (Wildman–Crippen MR) is 216 cm³/mol. The molecule has 13 nitrogen and oxygen atoms in total. The van der Waals surface area contributed by atoms with Gasteiger partial charge in [-0.15, -0.1) is 0 Å². The van der Waals surface area contributed by atoms with Crippen LogP contribution in [0.3, 0.4) is 0 Å². The Morgan fingerprint density at radius 3 is 2.53 bits per heavy atom. The minimum absolute atomic E-state index is 0.0302. The first kappa shape index (κ1) is 42.8. The van der Waals surface area contributed by atoms with Gasteiger partial charge in [-0.25, -0.2) is 22.2 Å². The second kappa shape index (κ2) is 15.9. The Morgan fingerprint density at radius 2 is 1.81 bits per heavy atom. The summed E-state index contributed by atoms with van der Waals surface area (Å²) in [4.78, 5) is 65.0. The third-order valence-electron chi connectivity index (χ3n) is 13.2. The Hall–Kier alpha value is -4.34. The number of fused-ring (bicyclic) bond motifs is 5. The highest BCUT2D eigenvalue weighted by Gasteiger charge is 2.62. The minimum Gasteiger partial charge on any atom is -0.489 e. The molecule has 1 N–H and O–H groups in total. The first-order valence-electron chi connectivity index (χ1n) is 20.8. The molecular formula is C43H56F2N4O9S. The number of amides is 2. The van der Waals surface area contributed by atoms with Crippen molar-refractivity contribution in [2.24, 2.45) is 29.1 Å². The van der Waals surface area contributed by atoms with Gasteiger partial charge >= 0.3 is 5.97 Å². The molecule has 1 aromatic carbocycles. The smallest absolute Gasteiger partial charge is 0.307 e. The van der Waals surface area contributed by atoms with Gasteiger partial charge in [-0.05, 0) is 88.3 Å². The molecule has 0 radical (unpaired) electrons. The minimum atomic E-state index is -3.91. The van der Waals surface area contributed by atoms with Gasteiger partial charge in [-0.2, -0.15) is 0 Å². The van der Waals surface area contributed by atoms with Crippen molar-refractivity contribution in [3.8, 4) is 11.6 Å². The number of alkyl halides is 2. The van der Waals surface area contributed by atoms with Crippen molar-refractivity contribution < 1.29 is 50.6 Å². The highest BCUT2D eigenvalue weighted by molar-refractivity contribution is 7.90. The summed E-state index contributed by atoms with van der Waals surface area (Å²) in [6, 6.07) is 4.54. The number of Topliss-reactive ketones (excluding diaryl/α,β-unsaturated/α-hetero) is 1. The van der Waals surface area contributed by atoms with Gasteiger partial charge in [0, 0.05) is 43.8 Å². The van der Waals surface area contributed by atoms with Crippen molar-refractivity contribution in [3.05, 3.63) is 36.5 Å². The van der Waals surface area contributed by atoms with E-state index in [0.29, 0.717) is 56.8 Å². The van der Waals surface area contributed by atoms with Gasteiger partial charge < -0.3 is 24.0 Å². The molecule has 7 atom stereocenters. The van der Waals surface area contributed by atoms with Crippen molar-refractivity contribution in [1.29, 1.82) is 0 Å². The second-order valence-corrected chi connectivity index (χ2v) is 20.1. The van der Waals surface area contributed by atoms with E-state index in [4.69, 9.17) is 14.2 Å². The molecule has 1 saturated heterocycles. The fourth-order valence-corrected chi connectivity index (χ4v) is 10.3. The lowest BCUT2D eigenvalue weighted by Gasteiger charge is -2.34. The number of ether oxygens (including phenoxy) is 3. The molecule has 3 aliphatic heterocycles. The van der Waals surface area contributed by atoms with Gasteiger partial charge in [-0.1, -0.05) is 26.0 Å². The van der Waals surface area contributed by atoms with Crippen LogP contribution in [-0.2, 0) is 33.9 Å². The number of anilines is 1. The van der Waals surface area contributed by atoms with Crippen LogP contribution in [0, 0.1) is 29.1 Å². The molecule has 16 heteroatoms. The molecule has 7 rings (SSSR count). The number of rotatable bonds is 9. The van der Waals surface area contributed by atoms with Gasteiger partial charge in [0.25, 0.3) is 5.92 Å². The Labute approximate surface area is 344 Å². The van der Waals surface area contributed by atoms with Crippen molar-refractivity contribution >= 4 is 50.1 Å². The Morgan fingerprint density at radius 1 is 1.07 bits per heavy atom. The van der Waals surface area contributed by atoms with Crippen molar-refractivity contribution in [2.45, 2.75) is 121 Å². The van der Waals surface area contributed by atoms with E-state index in [1.54, 1.807) is 6.20 Å². The maximum absolute atomic E-state index is 15.0. The van der Waals surface area contributed by atoms with E-state index in [1.807, 2.05) is 51.2 Å². The summed E-state index contributed by atoms with van der Waals surface area (Å²) in [6.07, 6.45) is 6.97. The van der Waals surface area contributed by atoms with Gasteiger partial charge in [0.1, 0.15) is 12.7 Å². The average Bonchev–Trinajstić information content (AvgIpc) is 4.08. The molecule has 4 heterocycles. The van der Waals surface area contributed by atoms with E-state index in [0.717, 1.165) is 31.5 Å². The Bertz CT molecular complexity index is 2140. The van der Waals surface area contributed by atoms with Crippen LogP contribution in [-0.4, -0.2) is 97.5 Å². The number of hydrogen-bond donors (Lipinski definition) is 1. The van der Waals surface area contributed by atoms with Crippen LogP contribution in [0.5, 0.6) is 11.6 Å². The number of nitrogens with zero attached hydrogens (tertiary/aromatic N) is 3. The number of sulfonamides is 1. The number of carbonyl (C=O) groups excluding carboxylic acids is 4. The maximum atomic E-state index is 15.0. The van der Waals surface area contributed by atoms with Crippen LogP contribution < -0.4 is 19.1 Å². The topological polar surface area (TPSA) is 162 Å².